The molecular formula is C15H12Br3Cl. The van der Waals surface area contributed by atoms with E-state index < -0.39 is 0 Å². The van der Waals surface area contributed by atoms with Crippen LogP contribution >= 0.6 is 59.4 Å². The molecule has 0 saturated heterocycles. The molecule has 19 heavy (non-hydrogen) atoms. The molecule has 0 amide bonds. The highest BCUT2D eigenvalue weighted by atomic mass is 79.9. The van der Waals surface area contributed by atoms with E-state index >= 15 is 0 Å². The summed E-state index contributed by atoms with van der Waals surface area (Å²) in [7, 11) is 0. The van der Waals surface area contributed by atoms with Gasteiger partial charge >= 0.3 is 0 Å². The molecule has 0 saturated carbocycles. The van der Waals surface area contributed by atoms with Crippen LogP contribution in [0.1, 0.15) is 27.1 Å². The molecule has 2 aromatic carbocycles. The number of hydrogen-bond donors (Lipinski definition) is 0. The van der Waals surface area contributed by atoms with E-state index in [9.17, 15) is 0 Å². The summed E-state index contributed by atoms with van der Waals surface area (Å²) >= 11 is 17.1. The third-order valence-corrected chi connectivity index (χ3v) is 5.33. The third-order valence-electron chi connectivity index (χ3n) is 3.06. The quantitative estimate of drug-likeness (QED) is 0.419. The van der Waals surface area contributed by atoms with Crippen molar-refractivity contribution in [2.24, 2.45) is 0 Å². The van der Waals surface area contributed by atoms with Crippen LogP contribution in [0.3, 0.4) is 0 Å². The minimum absolute atomic E-state index is 0.0769. The van der Waals surface area contributed by atoms with Crippen LogP contribution < -0.4 is 0 Å². The topological polar surface area (TPSA) is 0 Å². The molecule has 2 rings (SSSR count). The first-order valence-corrected chi connectivity index (χ1v) is 8.63. The molecular weight excluding hydrogens is 455 g/mol. The van der Waals surface area contributed by atoms with Crippen molar-refractivity contribution in [3.8, 4) is 0 Å². The Kier molecular flexibility index (Phi) is 5.15. The Bertz CT molecular complexity index is 603. The Morgan fingerprint density at radius 2 is 1.42 bits per heavy atom. The van der Waals surface area contributed by atoms with Crippen molar-refractivity contribution in [2.45, 2.75) is 18.7 Å². The first-order valence-electron chi connectivity index (χ1n) is 5.75. The minimum atomic E-state index is 0.0769. The zero-order valence-corrected chi connectivity index (χ0v) is 16.0. The normalized spacial score (nSPS) is 12.5. The van der Waals surface area contributed by atoms with E-state index in [4.69, 9.17) is 11.6 Å². The van der Waals surface area contributed by atoms with Crippen molar-refractivity contribution in [3.63, 3.8) is 0 Å². The minimum Gasteiger partial charge on any atom is -0.0840 e. The number of benzene rings is 2. The monoisotopic (exact) mass is 464 g/mol. The lowest BCUT2D eigenvalue weighted by Gasteiger charge is -2.15. The van der Waals surface area contributed by atoms with Crippen molar-refractivity contribution in [1.82, 2.24) is 0 Å². The van der Waals surface area contributed by atoms with Gasteiger partial charge in [-0.25, -0.2) is 0 Å². The molecule has 1 atom stereocenters. The maximum absolute atomic E-state index is 6.37. The molecule has 0 aliphatic rings. The lowest BCUT2D eigenvalue weighted by Crippen LogP contribution is -1.96. The van der Waals surface area contributed by atoms with Crippen LogP contribution in [0, 0.1) is 13.8 Å². The first kappa shape index (κ1) is 15.6. The summed E-state index contributed by atoms with van der Waals surface area (Å²) in [5, 5.41) is 0.793. The van der Waals surface area contributed by atoms with E-state index in [2.05, 4.69) is 79.8 Å². The van der Waals surface area contributed by atoms with Gasteiger partial charge in [0.2, 0.25) is 0 Å². The molecule has 0 aliphatic heterocycles. The average molecular weight is 467 g/mol. The highest BCUT2D eigenvalue weighted by Crippen LogP contribution is 2.38. The molecule has 0 spiro atoms. The van der Waals surface area contributed by atoms with Gasteiger partial charge in [-0.05, 0) is 60.4 Å². The second kappa shape index (κ2) is 6.30. The SMILES string of the molecule is Cc1cc(Cl)c(C(Br)c2cc(Br)cc(Br)c2)cc1C. The van der Waals surface area contributed by atoms with Gasteiger partial charge in [0.15, 0.2) is 0 Å². The summed E-state index contributed by atoms with van der Waals surface area (Å²) in [6.07, 6.45) is 0. The Labute approximate surface area is 143 Å². The smallest absolute Gasteiger partial charge is 0.0660 e. The number of halogens is 4. The van der Waals surface area contributed by atoms with Gasteiger partial charge in [-0.1, -0.05) is 65.5 Å². The highest BCUT2D eigenvalue weighted by molar-refractivity contribution is 9.11. The van der Waals surface area contributed by atoms with E-state index in [1.54, 1.807) is 0 Å². The van der Waals surface area contributed by atoms with E-state index in [-0.39, 0.29) is 4.83 Å². The van der Waals surface area contributed by atoms with E-state index in [1.165, 1.54) is 11.1 Å². The Morgan fingerprint density at radius 3 is 2.00 bits per heavy atom. The molecule has 0 N–H and O–H groups in total. The summed E-state index contributed by atoms with van der Waals surface area (Å²) in [4.78, 5) is 0.0769. The molecule has 0 radical (unpaired) electrons. The average Bonchev–Trinajstić information content (AvgIpc) is 2.31. The second-order valence-electron chi connectivity index (χ2n) is 4.52. The summed E-state index contributed by atoms with van der Waals surface area (Å²) in [6.45, 7) is 4.18. The van der Waals surface area contributed by atoms with Gasteiger partial charge in [-0.3, -0.25) is 0 Å². The van der Waals surface area contributed by atoms with Crippen LogP contribution in [0.15, 0.2) is 39.3 Å². The summed E-state index contributed by atoms with van der Waals surface area (Å²) in [5.74, 6) is 0. The molecule has 0 aromatic heterocycles. The fourth-order valence-corrected chi connectivity index (χ4v) is 4.33. The standard InChI is InChI=1S/C15H12Br3Cl/c1-8-3-13(14(19)4-9(8)2)15(18)10-5-11(16)7-12(17)6-10/h3-7,15H,1-2H3. The highest BCUT2D eigenvalue weighted by Gasteiger charge is 2.16. The van der Waals surface area contributed by atoms with Crippen molar-refractivity contribution < 1.29 is 0 Å². The molecule has 1 unspecified atom stereocenters. The van der Waals surface area contributed by atoms with Crippen LogP contribution in [-0.4, -0.2) is 0 Å². The van der Waals surface area contributed by atoms with E-state index in [0.717, 1.165) is 25.1 Å². The molecule has 0 aliphatic carbocycles. The number of rotatable bonds is 2. The van der Waals surface area contributed by atoms with Gasteiger partial charge in [-0.2, -0.15) is 0 Å². The van der Waals surface area contributed by atoms with Gasteiger partial charge in [-0.15, -0.1) is 0 Å². The molecule has 0 fully saturated rings. The van der Waals surface area contributed by atoms with Crippen molar-refractivity contribution >= 4 is 59.4 Å². The molecule has 4 heteroatoms. The first-order chi connectivity index (χ1) is 8.88. The third kappa shape index (κ3) is 3.63. The van der Waals surface area contributed by atoms with Crippen molar-refractivity contribution in [2.75, 3.05) is 0 Å². The van der Waals surface area contributed by atoms with E-state index in [0.29, 0.717) is 0 Å². The molecule has 2 aromatic rings. The molecule has 100 valence electrons. The maximum Gasteiger partial charge on any atom is 0.0660 e. The van der Waals surface area contributed by atoms with Crippen molar-refractivity contribution in [1.29, 1.82) is 0 Å². The number of hydrogen-bond acceptors (Lipinski definition) is 0. The Balaban J connectivity index is 2.49. The van der Waals surface area contributed by atoms with Crippen LogP contribution in [0.2, 0.25) is 5.02 Å². The maximum atomic E-state index is 6.37. The predicted octanol–water partition coefficient (Wildman–Crippen LogP) is 6.97. The number of aryl methyl sites for hydroxylation is 2. The van der Waals surface area contributed by atoms with Gasteiger partial charge < -0.3 is 0 Å². The van der Waals surface area contributed by atoms with E-state index in [1.807, 2.05) is 12.1 Å². The van der Waals surface area contributed by atoms with Crippen LogP contribution in [-0.2, 0) is 0 Å². The van der Waals surface area contributed by atoms with Crippen LogP contribution in [0.5, 0.6) is 0 Å². The largest absolute Gasteiger partial charge is 0.0840 e. The van der Waals surface area contributed by atoms with Crippen LogP contribution in [0.4, 0.5) is 0 Å². The van der Waals surface area contributed by atoms with Gasteiger partial charge in [0.05, 0.1) is 4.83 Å². The van der Waals surface area contributed by atoms with Gasteiger partial charge in [0, 0.05) is 14.0 Å². The second-order valence-corrected chi connectivity index (χ2v) is 7.68. The molecule has 0 nitrogen and oxygen atoms in total. The summed E-state index contributed by atoms with van der Waals surface area (Å²) in [6, 6.07) is 10.4. The lowest BCUT2D eigenvalue weighted by molar-refractivity contribution is 1.15. The summed E-state index contributed by atoms with van der Waals surface area (Å²) in [5.41, 5.74) is 4.71. The van der Waals surface area contributed by atoms with Gasteiger partial charge in [0.25, 0.3) is 0 Å². The Morgan fingerprint density at radius 1 is 0.895 bits per heavy atom. The van der Waals surface area contributed by atoms with Crippen LogP contribution in [0.25, 0.3) is 0 Å². The number of alkyl halides is 1. The molecule has 0 heterocycles. The molecule has 0 bridgehead atoms. The van der Waals surface area contributed by atoms with Crippen molar-refractivity contribution in [3.05, 3.63) is 66.6 Å². The zero-order valence-electron chi connectivity index (χ0n) is 10.5. The predicted molar refractivity (Wildman–Crippen MR) is 93.5 cm³/mol. The lowest BCUT2D eigenvalue weighted by atomic mass is 10.0. The summed E-state index contributed by atoms with van der Waals surface area (Å²) < 4.78 is 2.09. The fourth-order valence-electron chi connectivity index (χ4n) is 1.90. The zero-order chi connectivity index (χ0) is 14.2. The van der Waals surface area contributed by atoms with Gasteiger partial charge in [0.1, 0.15) is 0 Å². The fraction of sp³-hybridized carbons (Fsp3) is 0.200. The Hall–Kier alpha value is 0.170.